The summed E-state index contributed by atoms with van der Waals surface area (Å²) in [6.45, 7) is 9.11. The van der Waals surface area contributed by atoms with Gasteiger partial charge >= 0.3 is 0 Å². The molecule has 2 nitrogen and oxygen atoms in total. The molecule has 0 saturated heterocycles. The van der Waals surface area contributed by atoms with E-state index >= 15 is 0 Å². The Labute approximate surface area is 99.3 Å². The van der Waals surface area contributed by atoms with Gasteiger partial charge in [0.2, 0.25) is 0 Å². The van der Waals surface area contributed by atoms with Crippen LogP contribution in [0, 0.1) is 11.3 Å². The molecule has 2 N–H and O–H groups in total. The summed E-state index contributed by atoms with van der Waals surface area (Å²) < 4.78 is 0. The van der Waals surface area contributed by atoms with Gasteiger partial charge < -0.3 is 5.73 Å². The Morgan fingerprint density at radius 2 is 2.06 bits per heavy atom. The highest BCUT2D eigenvalue weighted by atomic mass is 14.7. The summed E-state index contributed by atoms with van der Waals surface area (Å²) in [4.78, 5) is 4.11. The van der Waals surface area contributed by atoms with E-state index in [1.54, 1.807) is 6.20 Å². The molecule has 1 rings (SSSR count). The molecule has 0 bridgehead atoms. The van der Waals surface area contributed by atoms with E-state index in [0.29, 0.717) is 11.3 Å². The van der Waals surface area contributed by atoms with Gasteiger partial charge in [-0.2, -0.15) is 0 Å². The number of hydrogen-bond acceptors (Lipinski definition) is 2. The van der Waals surface area contributed by atoms with Crippen molar-refractivity contribution in [2.45, 2.75) is 46.6 Å². The summed E-state index contributed by atoms with van der Waals surface area (Å²) in [6.07, 6.45) is 5.90. The smallest absolute Gasteiger partial charge is 0.0315 e. The van der Waals surface area contributed by atoms with Crippen LogP contribution in [0.5, 0.6) is 0 Å². The molecule has 0 amide bonds. The zero-order chi connectivity index (χ0) is 12.2. The van der Waals surface area contributed by atoms with Gasteiger partial charge in [0.05, 0.1) is 0 Å². The van der Waals surface area contributed by atoms with Crippen molar-refractivity contribution in [3.63, 3.8) is 0 Å². The lowest BCUT2D eigenvalue weighted by Crippen LogP contribution is -2.18. The minimum Gasteiger partial charge on any atom is -0.324 e. The van der Waals surface area contributed by atoms with E-state index in [0.717, 1.165) is 12.0 Å². The Bertz CT molecular complexity index is 300. The number of nitrogens with zero attached hydrogens (tertiary/aromatic N) is 1. The van der Waals surface area contributed by atoms with E-state index in [2.05, 4.69) is 38.7 Å². The first-order valence-corrected chi connectivity index (χ1v) is 6.04. The summed E-state index contributed by atoms with van der Waals surface area (Å²) in [5.74, 6) is 0.648. The van der Waals surface area contributed by atoms with E-state index < -0.39 is 0 Å². The molecule has 0 aliphatic carbocycles. The van der Waals surface area contributed by atoms with Crippen molar-refractivity contribution in [3.8, 4) is 0 Å². The fourth-order valence-electron chi connectivity index (χ4n) is 2.29. The topological polar surface area (TPSA) is 38.9 Å². The first kappa shape index (κ1) is 13.2. The van der Waals surface area contributed by atoms with Crippen molar-refractivity contribution < 1.29 is 0 Å². The Morgan fingerprint density at radius 3 is 2.56 bits per heavy atom. The van der Waals surface area contributed by atoms with Crippen LogP contribution in [0.3, 0.4) is 0 Å². The fraction of sp³-hybridized carbons (Fsp3) is 0.643. The van der Waals surface area contributed by atoms with Crippen molar-refractivity contribution >= 4 is 0 Å². The molecule has 2 unspecified atom stereocenters. The minimum absolute atomic E-state index is 0.117. The summed E-state index contributed by atoms with van der Waals surface area (Å²) in [6, 6.07) is 4.12. The SMILES string of the molecule is CC(CC(N)c1cccnc1)CC(C)(C)C. The number of rotatable bonds is 4. The van der Waals surface area contributed by atoms with Crippen LogP contribution in [-0.2, 0) is 0 Å². The average molecular weight is 220 g/mol. The lowest BCUT2D eigenvalue weighted by molar-refractivity contribution is 0.286. The van der Waals surface area contributed by atoms with Crippen molar-refractivity contribution in [3.05, 3.63) is 30.1 Å². The maximum absolute atomic E-state index is 6.17. The van der Waals surface area contributed by atoms with Gasteiger partial charge in [-0.15, -0.1) is 0 Å². The molecule has 16 heavy (non-hydrogen) atoms. The molecule has 0 aliphatic rings. The van der Waals surface area contributed by atoms with Gasteiger partial charge in [0.15, 0.2) is 0 Å². The third-order valence-corrected chi connectivity index (χ3v) is 2.73. The lowest BCUT2D eigenvalue weighted by Gasteiger charge is -2.25. The van der Waals surface area contributed by atoms with Gasteiger partial charge in [-0.1, -0.05) is 33.8 Å². The van der Waals surface area contributed by atoms with Crippen molar-refractivity contribution in [1.29, 1.82) is 0 Å². The van der Waals surface area contributed by atoms with E-state index in [4.69, 9.17) is 5.73 Å². The predicted octanol–water partition coefficient (Wildman–Crippen LogP) is 3.54. The van der Waals surface area contributed by atoms with Crippen molar-refractivity contribution in [2.75, 3.05) is 0 Å². The van der Waals surface area contributed by atoms with Crippen molar-refractivity contribution in [1.82, 2.24) is 4.98 Å². The van der Waals surface area contributed by atoms with Crippen LogP contribution in [0.15, 0.2) is 24.5 Å². The summed E-state index contributed by atoms with van der Waals surface area (Å²) in [5, 5.41) is 0. The molecular weight excluding hydrogens is 196 g/mol. The molecule has 0 aromatic carbocycles. The molecule has 0 radical (unpaired) electrons. The highest BCUT2D eigenvalue weighted by Crippen LogP contribution is 2.29. The standard InChI is InChI=1S/C14H24N2/c1-11(9-14(2,3)4)8-13(15)12-6-5-7-16-10-12/h5-7,10-11,13H,8-9,15H2,1-4H3. The molecule has 0 saturated carbocycles. The number of aromatic nitrogens is 1. The number of nitrogens with two attached hydrogens (primary N) is 1. The molecule has 0 aliphatic heterocycles. The summed E-state index contributed by atoms with van der Waals surface area (Å²) in [7, 11) is 0. The van der Waals surface area contributed by atoms with Crippen LogP contribution in [0.1, 0.15) is 52.1 Å². The Hall–Kier alpha value is -0.890. The minimum atomic E-state index is 0.117. The first-order valence-electron chi connectivity index (χ1n) is 6.04. The van der Waals surface area contributed by atoms with Crippen LogP contribution in [-0.4, -0.2) is 4.98 Å². The second kappa shape index (κ2) is 5.44. The molecule has 2 heteroatoms. The first-order chi connectivity index (χ1) is 7.38. The molecule has 90 valence electrons. The maximum atomic E-state index is 6.17. The number of pyridine rings is 1. The van der Waals surface area contributed by atoms with E-state index in [1.165, 1.54) is 6.42 Å². The molecule has 1 aromatic rings. The molecule has 1 heterocycles. The number of hydrogen-bond donors (Lipinski definition) is 1. The molecule has 1 aromatic heterocycles. The highest BCUT2D eigenvalue weighted by Gasteiger charge is 2.18. The summed E-state index contributed by atoms with van der Waals surface area (Å²) in [5.41, 5.74) is 7.70. The maximum Gasteiger partial charge on any atom is 0.0315 e. The van der Waals surface area contributed by atoms with Crippen molar-refractivity contribution in [2.24, 2.45) is 17.1 Å². The summed E-state index contributed by atoms with van der Waals surface area (Å²) >= 11 is 0. The van der Waals surface area contributed by atoms with Crippen LogP contribution >= 0.6 is 0 Å². The molecule has 0 fully saturated rings. The third kappa shape index (κ3) is 4.75. The van der Waals surface area contributed by atoms with E-state index in [9.17, 15) is 0 Å². The van der Waals surface area contributed by atoms with E-state index in [1.807, 2.05) is 12.3 Å². The van der Waals surface area contributed by atoms with Gasteiger partial charge in [-0.25, -0.2) is 0 Å². The normalized spacial score (nSPS) is 15.8. The lowest BCUT2D eigenvalue weighted by atomic mass is 9.82. The molecular formula is C14H24N2. The Morgan fingerprint density at radius 1 is 1.38 bits per heavy atom. The van der Waals surface area contributed by atoms with Crippen LogP contribution < -0.4 is 5.73 Å². The van der Waals surface area contributed by atoms with Gasteiger partial charge in [0, 0.05) is 18.4 Å². The van der Waals surface area contributed by atoms with Gasteiger partial charge in [-0.3, -0.25) is 4.98 Å². The predicted molar refractivity (Wildman–Crippen MR) is 69.0 cm³/mol. The van der Waals surface area contributed by atoms with E-state index in [-0.39, 0.29) is 6.04 Å². The molecule has 2 atom stereocenters. The zero-order valence-corrected chi connectivity index (χ0v) is 10.9. The zero-order valence-electron chi connectivity index (χ0n) is 10.9. The average Bonchev–Trinajstić information content (AvgIpc) is 2.16. The van der Waals surface area contributed by atoms with Crippen LogP contribution in [0.25, 0.3) is 0 Å². The molecule has 0 spiro atoms. The third-order valence-electron chi connectivity index (χ3n) is 2.73. The Balaban J connectivity index is 2.49. The second-order valence-electron chi connectivity index (χ2n) is 6.00. The fourth-order valence-corrected chi connectivity index (χ4v) is 2.29. The second-order valence-corrected chi connectivity index (χ2v) is 6.00. The van der Waals surface area contributed by atoms with Gasteiger partial charge in [0.25, 0.3) is 0 Å². The Kier molecular flexibility index (Phi) is 4.48. The highest BCUT2D eigenvalue weighted by molar-refractivity contribution is 5.13. The quantitative estimate of drug-likeness (QED) is 0.843. The van der Waals surface area contributed by atoms with Crippen LogP contribution in [0.2, 0.25) is 0 Å². The van der Waals surface area contributed by atoms with Crippen LogP contribution in [0.4, 0.5) is 0 Å². The monoisotopic (exact) mass is 220 g/mol. The van der Waals surface area contributed by atoms with Gasteiger partial charge in [0.1, 0.15) is 0 Å². The largest absolute Gasteiger partial charge is 0.324 e. The van der Waals surface area contributed by atoms with Gasteiger partial charge in [-0.05, 0) is 35.8 Å².